The van der Waals surface area contributed by atoms with Gasteiger partial charge in [-0.1, -0.05) is 30.3 Å². The van der Waals surface area contributed by atoms with Crippen molar-refractivity contribution in [3.8, 4) is 0 Å². The van der Waals surface area contributed by atoms with Crippen LogP contribution in [0.1, 0.15) is 25.3 Å². The van der Waals surface area contributed by atoms with Crippen LogP contribution in [0.25, 0.3) is 0 Å². The average molecular weight is 222 g/mol. The van der Waals surface area contributed by atoms with Crippen LogP contribution in [-0.4, -0.2) is 23.1 Å². The van der Waals surface area contributed by atoms with Gasteiger partial charge in [0.2, 0.25) is 0 Å². The van der Waals surface area contributed by atoms with Crippen LogP contribution < -0.4 is 0 Å². The van der Waals surface area contributed by atoms with Gasteiger partial charge in [-0.3, -0.25) is 9.59 Å². The van der Waals surface area contributed by atoms with Crippen molar-refractivity contribution in [3.63, 3.8) is 0 Å². The number of carboxylic acid groups (broad SMARTS) is 1. The highest BCUT2D eigenvalue weighted by Crippen LogP contribution is 2.22. The van der Waals surface area contributed by atoms with Crippen molar-refractivity contribution < 1.29 is 19.4 Å². The topological polar surface area (TPSA) is 63.6 Å². The van der Waals surface area contributed by atoms with Crippen LogP contribution in [0, 0.1) is 0 Å². The zero-order valence-electron chi connectivity index (χ0n) is 9.21. The van der Waals surface area contributed by atoms with E-state index in [2.05, 4.69) is 0 Å². The SMILES string of the molecule is CC(=O)OC(C)C(C(=O)O)c1ccccc1. The van der Waals surface area contributed by atoms with Gasteiger partial charge in [-0.2, -0.15) is 0 Å². The van der Waals surface area contributed by atoms with E-state index in [-0.39, 0.29) is 0 Å². The number of carbonyl (C=O) groups is 2. The van der Waals surface area contributed by atoms with E-state index in [0.29, 0.717) is 5.56 Å². The molecule has 0 aliphatic rings. The van der Waals surface area contributed by atoms with E-state index in [1.54, 1.807) is 37.3 Å². The molecule has 1 rings (SSSR count). The summed E-state index contributed by atoms with van der Waals surface area (Å²) in [6.07, 6.45) is -0.683. The fourth-order valence-electron chi connectivity index (χ4n) is 1.60. The second kappa shape index (κ2) is 5.30. The average Bonchev–Trinajstić information content (AvgIpc) is 2.17. The quantitative estimate of drug-likeness (QED) is 0.789. The van der Waals surface area contributed by atoms with Crippen LogP contribution in [-0.2, 0) is 14.3 Å². The van der Waals surface area contributed by atoms with Crippen LogP contribution in [0.3, 0.4) is 0 Å². The first-order valence-corrected chi connectivity index (χ1v) is 4.97. The van der Waals surface area contributed by atoms with Gasteiger partial charge in [0.25, 0.3) is 0 Å². The monoisotopic (exact) mass is 222 g/mol. The second-order valence-electron chi connectivity index (χ2n) is 3.54. The number of benzene rings is 1. The molecule has 0 amide bonds. The fourth-order valence-corrected chi connectivity index (χ4v) is 1.60. The Labute approximate surface area is 93.9 Å². The molecule has 2 atom stereocenters. The lowest BCUT2D eigenvalue weighted by Gasteiger charge is -2.20. The largest absolute Gasteiger partial charge is 0.481 e. The van der Waals surface area contributed by atoms with Gasteiger partial charge in [-0.05, 0) is 12.5 Å². The number of hydrogen-bond acceptors (Lipinski definition) is 3. The highest BCUT2D eigenvalue weighted by atomic mass is 16.5. The summed E-state index contributed by atoms with van der Waals surface area (Å²) < 4.78 is 4.91. The molecular weight excluding hydrogens is 208 g/mol. The molecule has 4 heteroatoms. The first kappa shape index (κ1) is 12.2. The molecule has 16 heavy (non-hydrogen) atoms. The summed E-state index contributed by atoms with van der Waals surface area (Å²) in [7, 11) is 0. The zero-order valence-corrected chi connectivity index (χ0v) is 9.21. The Balaban J connectivity index is 2.92. The van der Waals surface area contributed by atoms with Gasteiger partial charge < -0.3 is 9.84 Å². The molecule has 0 aliphatic heterocycles. The minimum absolute atomic E-state index is 0.477. The van der Waals surface area contributed by atoms with E-state index in [4.69, 9.17) is 9.84 Å². The van der Waals surface area contributed by atoms with Crippen molar-refractivity contribution in [1.82, 2.24) is 0 Å². The second-order valence-corrected chi connectivity index (χ2v) is 3.54. The van der Waals surface area contributed by atoms with Crippen LogP contribution in [0.5, 0.6) is 0 Å². The van der Waals surface area contributed by atoms with Crippen molar-refractivity contribution >= 4 is 11.9 Å². The molecule has 0 aromatic heterocycles. The van der Waals surface area contributed by atoms with E-state index in [9.17, 15) is 9.59 Å². The first-order chi connectivity index (χ1) is 7.52. The molecule has 0 fully saturated rings. The molecule has 1 aromatic carbocycles. The van der Waals surface area contributed by atoms with Crippen molar-refractivity contribution in [1.29, 1.82) is 0 Å². The fraction of sp³-hybridized carbons (Fsp3) is 0.333. The van der Waals surface area contributed by atoms with Gasteiger partial charge in [0.1, 0.15) is 12.0 Å². The summed E-state index contributed by atoms with van der Waals surface area (Å²) in [4.78, 5) is 21.9. The molecule has 86 valence electrons. The summed E-state index contributed by atoms with van der Waals surface area (Å²) in [6.45, 7) is 2.84. The number of rotatable bonds is 4. The number of carboxylic acids is 1. The van der Waals surface area contributed by atoms with Crippen molar-refractivity contribution in [3.05, 3.63) is 35.9 Å². The Morgan fingerprint density at radius 3 is 2.25 bits per heavy atom. The van der Waals surface area contributed by atoms with E-state index < -0.39 is 24.0 Å². The summed E-state index contributed by atoms with van der Waals surface area (Å²) in [5, 5.41) is 9.12. The molecule has 0 aliphatic carbocycles. The normalized spacial score (nSPS) is 13.9. The minimum Gasteiger partial charge on any atom is -0.481 e. The third-order valence-electron chi connectivity index (χ3n) is 2.25. The van der Waals surface area contributed by atoms with E-state index in [0.717, 1.165) is 0 Å². The molecule has 0 bridgehead atoms. The van der Waals surface area contributed by atoms with Gasteiger partial charge in [0, 0.05) is 6.92 Å². The lowest BCUT2D eigenvalue weighted by molar-refractivity contribution is -0.151. The molecule has 0 spiro atoms. The first-order valence-electron chi connectivity index (χ1n) is 4.97. The predicted octanol–water partition coefficient (Wildman–Crippen LogP) is 1.81. The van der Waals surface area contributed by atoms with Crippen molar-refractivity contribution in [2.75, 3.05) is 0 Å². The van der Waals surface area contributed by atoms with Gasteiger partial charge in [-0.25, -0.2) is 0 Å². The molecule has 0 saturated heterocycles. The van der Waals surface area contributed by atoms with Crippen molar-refractivity contribution in [2.24, 2.45) is 0 Å². The molecule has 1 N–H and O–H groups in total. The van der Waals surface area contributed by atoms with Crippen LogP contribution in [0.2, 0.25) is 0 Å². The number of esters is 1. The lowest BCUT2D eigenvalue weighted by atomic mass is 9.94. The summed E-state index contributed by atoms with van der Waals surface area (Å²) in [5.74, 6) is -2.31. The van der Waals surface area contributed by atoms with E-state index in [1.807, 2.05) is 0 Å². The maximum Gasteiger partial charge on any atom is 0.314 e. The summed E-state index contributed by atoms with van der Waals surface area (Å²) >= 11 is 0. The van der Waals surface area contributed by atoms with Crippen molar-refractivity contribution in [2.45, 2.75) is 25.9 Å². The van der Waals surface area contributed by atoms with Crippen LogP contribution >= 0.6 is 0 Å². The highest BCUT2D eigenvalue weighted by molar-refractivity contribution is 5.77. The van der Waals surface area contributed by atoms with E-state index in [1.165, 1.54) is 6.92 Å². The molecule has 0 saturated carbocycles. The molecular formula is C12H14O4. The lowest BCUT2D eigenvalue weighted by Crippen LogP contribution is -2.27. The number of ether oxygens (including phenoxy) is 1. The molecule has 0 heterocycles. The summed E-state index contributed by atoms with van der Waals surface area (Å²) in [5.41, 5.74) is 0.628. The Kier molecular flexibility index (Phi) is 4.05. The van der Waals surface area contributed by atoms with E-state index >= 15 is 0 Å². The maximum absolute atomic E-state index is 11.1. The molecule has 2 unspecified atom stereocenters. The smallest absolute Gasteiger partial charge is 0.314 e. The zero-order chi connectivity index (χ0) is 12.1. The van der Waals surface area contributed by atoms with Gasteiger partial charge in [0.05, 0.1) is 0 Å². The number of hydrogen-bond donors (Lipinski definition) is 1. The third kappa shape index (κ3) is 3.08. The summed E-state index contributed by atoms with van der Waals surface area (Å²) in [6, 6.07) is 8.73. The Hall–Kier alpha value is -1.84. The maximum atomic E-state index is 11.1. The number of carbonyl (C=O) groups excluding carboxylic acids is 1. The molecule has 1 aromatic rings. The Morgan fingerprint density at radius 2 is 1.81 bits per heavy atom. The predicted molar refractivity (Wildman–Crippen MR) is 58.0 cm³/mol. The van der Waals surface area contributed by atoms with Crippen LogP contribution in [0.15, 0.2) is 30.3 Å². The Bertz CT molecular complexity index is 372. The van der Waals surface area contributed by atoms with Gasteiger partial charge in [-0.15, -0.1) is 0 Å². The molecule has 4 nitrogen and oxygen atoms in total. The van der Waals surface area contributed by atoms with Gasteiger partial charge in [0.15, 0.2) is 0 Å². The third-order valence-corrected chi connectivity index (χ3v) is 2.25. The Morgan fingerprint density at radius 1 is 1.25 bits per heavy atom. The van der Waals surface area contributed by atoms with Crippen LogP contribution in [0.4, 0.5) is 0 Å². The minimum atomic E-state index is -1.00. The standard InChI is InChI=1S/C12H14O4/c1-8(16-9(2)13)11(12(14)15)10-6-4-3-5-7-10/h3-8,11H,1-2H3,(H,14,15). The number of aliphatic carboxylic acids is 1. The highest BCUT2D eigenvalue weighted by Gasteiger charge is 2.28. The molecule has 0 radical (unpaired) electrons. The van der Waals surface area contributed by atoms with Gasteiger partial charge >= 0.3 is 11.9 Å².